The third kappa shape index (κ3) is 1.88. The fourth-order valence-electron chi connectivity index (χ4n) is 5.38. The van der Waals surface area contributed by atoms with E-state index in [-0.39, 0.29) is 0 Å². The van der Waals surface area contributed by atoms with Crippen molar-refractivity contribution in [1.29, 1.82) is 0 Å². The molecule has 20 heavy (non-hydrogen) atoms. The number of fused-ring (bicyclic) bond motifs is 1. The van der Waals surface area contributed by atoms with Gasteiger partial charge in [0.1, 0.15) is 9.02 Å². The largest absolute Gasteiger partial charge is 0.305 e. The van der Waals surface area contributed by atoms with Gasteiger partial charge in [-0.15, -0.1) is 22.7 Å². The highest BCUT2D eigenvalue weighted by atomic mass is 32.2. The van der Waals surface area contributed by atoms with Crippen LogP contribution in [-0.2, 0) is 6.54 Å². The molecule has 4 fully saturated rings. The first-order valence-corrected chi connectivity index (χ1v) is 9.56. The quantitative estimate of drug-likeness (QED) is 0.908. The zero-order chi connectivity index (χ0) is 13.2. The fraction of sp³-hybridized carbons (Fsp3) is 0.688. The van der Waals surface area contributed by atoms with Crippen molar-refractivity contribution < 1.29 is 0 Å². The number of nitrogens with zero attached hydrogens (tertiary/aromatic N) is 1. The first-order valence-electron chi connectivity index (χ1n) is 7.86. The van der Waals surface area contributed by atoms with E-state index in [9.17, 15) is 0 Å². The molecule has 0 radical (unpaired) electrons. The molecule has 4 aliphatic rings. The Hall–Kier alpha value is -0.450. The molecule has 4 bridgehead atoms. The summed E-state index contributed by atoms with van der Waals surface area (Å²) in [6.07, 6.45) is 8.85. The van der Waals surface area contributed by atoms with Gasteiger partial charge in [0.15, 0.2) is 0 Å². The van der Waals surface area contributed by atoms with Crippen molar-refractivity contribution in [3.63, 3.8) is 0 Å². The minimum Gasteiger partial charge on any atom is -0.305 e. The van der Waals surface area contributed by atoms with E-state index < -0.39 is 0 Å². The van der Waals surface area contributed by atoms with Crippen LogP contribution in [0.2, 0.25) is 0 Å². The normalized spacial score (nSPS) is 38.9. The SMILES string of the molecule is c1cc2nc(CNC34CC5CC(CC(C5)C3)C4)sc2s1. The van der Waals surface area contributed by atoms with Gasteiger partial charge in [0, 0.05) is 12.1 Å². The summed E-state index contributed by atoms with van der Waals surface area (Å²) < 4.78 is 1.38. The highest BCUT2D eigenvalue weighted by Crippen LogP contribution is 2.55. The zero-order valence-corrected chi connectivity index (χ0v) is 13.2. The number of nitrogens with one attached hydrogen (secondary N) is 1. The van der Waals surface area contributed by atoms with Crippen molar-refractivity contribution in [1.82, 2.24) is 10.3 Å². The lowest BCUT2D eigenvalue weighted by molar-refractivity contribution is -0.0206. The zero-order valence-electron chi connectivity index (χ0n) is 11.6. The van der Waals surface area contributed by atoms with Gasteiger partial charge in [-0.2, -0.15) is 0 Å². The van der Waals surface area contributed by atoms with Crippen LogP contribution in [-0.4, -0.2) is 10.5 Å². The Morgan fingerprint density at radius 3 is 2.50 bits per heavy atom. The second-order valence-electron chi connectivity index (χ2n) is 7.25. The van der Waals surface area contributed by atoms with E-state index >= 15 is 0 Å². The lowest BCUT2D eigenvalue weighted by Gasteiger charge is -2.57. The highest BCUT2D eigenvalue weighted by molar-refractivity contribution is 7.37. The molecule has 6 rings (SSSR count). The molecule has 2 aromatic rings. The van der Waals surface area contributed by atoms with Crippen molar-refractivity contribution in [2.75, 3.05) is 0 Å². The predicted molar refractivity (Wildman–Crippen MR) is 85.2 cm³/mol. The van der Waals surface area contributed by atoms with E-state index in [4.69, 9.17) is 4.98 Å². The molecule has 0 aromatic carbocycles. The second kappa shape index (κ2) is 4.28. The van der Waals surface area contributed by atoms with Crippen molar-refractivity contribution >= 4 is 32.2 Å². The Labute approximate surface area is 127 Å². The summed E-state index contributed by atoms with van der Waals surface area (Å²) in [5.74, 6) is 3.07. The lowest BCUT2D eigenvalue weighted by Crippen LogP contribution is -2.58. The van der Waals surface area contributed by atoms with E-state index in [0.29, 0.717) is 5.54 Å². The fourth-order valence-corrected chi connectivity index (χ4v) is 7.30. The van der Waals surface area contributed by atoms with Crippen LogP contribution in [0.5, 0.6) is 0 Å². The molecular formula is C16H20N2S2. The van der Waals surface area contributed by atoms with Gasteiger partial charge < -0.3 is 5.32 Å². The molecule has 0 amide bonds. The Bertz CT molecular complexity index is 578. The van der Waals surface area contributed by atoms with E-state index in [1.54, 1.807) is 0 Å². The highest BCUT2D eigenvalue weighted by Gasteiger charge is 2.50. The van der Waals surface area contributed by atoms with Gasteiger partial charge in [0.05, 0.1) is 5.52 Å². The van der Waals surface area contributed by atoms with Gasteiger partial charge in [-0.3, -0.25) is 0 Å². The third-order valence-electron chi connectivity index (χ3n) is 5.72. The van der Waals surface area contributed by atoms with Crippen LogP contribution in [0.4, 0.5) is 0 Å². The van der Waals surface area contributed by atoms with Gasteiger partial charge in [-0.05, 0) is 67.7 Å². The summed E-state index contributed by atoms with van der Waals surface area (Å²) in [4.78, 5) is 4.76. The number of hydrogen-bond acceptors (Lipinski definition) is 4. The first-order chi connectivity index (χ1) is 9.78. The summed E-state index contributed by atoms with van der Waals surface area (Å²) in [6.45, 7) is 0.984. The molecule has 0 atom stereocenters. The average Bonchev–Trinajstić information content (AvgIpc) is 2.95. The monoisotopic (exact) mass is 304 g/mol. The molecule has 0 saturated heterocycles. The molecule has 2 aromatic heterocycles. The Morgan fingerprint density at radius 1 is 1.15 bits per heavy atom. The van der Waals surface area contributed by atoms with Crippen molar-refractivity contribution in [2.24, 2.45) is 17.8 Å². The maximum absolute atomic E-state index is 4.76. The summed E-state index contributed by atoms with van der Waals surface area (Å²) >= 11 is 3.70. The van der Waals surface area contributed by atoms with Crippen LogP contribution in [0.15, 0.2) is 11.4 Å². The molecule has 4 heteroatoms. The Morgan fingerprint density at radius 2 is 1.85 bits per heavy atom. The molecule has 4 saturated carbocycles. The minimum atomic E-state index is 0.466. The molecule has 0 unspecified atom stereocenters. The van der Waals surface area contributed by atoms with Crippen LogP contribution >= 0.6 is 22.7 Å². The number of thiazole rings is 1. The predicted octanol–water partition coefficient (Wildman–Crippen LogP) is 4.42. The Kier molecular flexibility index (Phi) is 2.59. The Balaban J connectivity index is 1.35. The molecule has 2 heterocycles. The summed E-state index contributed by atoms with van der Waals surface area (Å²) in [5, 5.41) is 7.37. The van der Waals surface area contributed by atoms with E-state index in [1.165, 1.54) is 53.1 Å². The number of aromatic nitrogens is 1. The number of thiophene rings is 1. The summed E-state index contributed by atoms with van der Waals surface area (Å²) in [7, 11) is 0. The van der Waals surface area contributed by atoms with Crippen LogP contribution in [0.1, 0.15) is 43.5 Å². The van der Waals surface area contributed by atoms with Gasteiger partial charge in [-0.25, -0.2) is 4.98 Å². The molecule has 0 spiro atoms. The number of hydrogen-bond donors (Lipinski definition) is 1. The van der Waals surface area contributed by atoms with Crippen LogP contribution in [0.25, 0.3) is 9.53 Å². The summed E-state index contributed by atoms with van der Waals surface area (Å²) in [6, 6.07) is 2.14. The lowest BCUT2D eigenvalue weighted by atomic mass is 9.53. The van der Waals surface area contributed by atoms with Crippen LogP contribution in [0, 0.1) is 17.8 Å². The van der Waals surface area contributed by atoms with Gasteiger partial charge >= 0.3 is 0 Å². The van der Waals surface area contributed by atoms with Crippen LogP contribution in [0.3, 0.4) is 0 Å². The maximum Gasteiger partial charge on any atom is 0.108 e. The molecular weight excluding hydrogens is 284 g/mol. The van der Waals surface area contributed by atoms with Gasteiger partial charge in [0.2, 0.25) is 0 Å². The third-order valence-corrected chi connectivity index (χ3v) is 7.82. The standard InChI is InChI=1S/C16H20N2S2/c1-2-19-15-13(1)18-14(20-15)9-17-16-6-10-3-11(7-16)5-12(4-10)8-16/h1-2,10-12,17H,3-9H2. The van der Waals surface area contributed by atoms with E-state index in [0.717, 1.165) is 24.3 Å². The molecule has 2 nitrogen and oxygen atoms in total. The van der Waals surface area contributed by atoms with Crippen LogP contribution < -0.4 is 5.32 Å². The molecule has 106 valence electrons. The van der Waals surface area contributed by atoms with E-state index in [2.05, 4.69) is 16.8 Å². The summed E-state index contributed by atoms with van der Waals surface area (Å²) in [5.41, 5.74) is 1.66. The minimum absolute atomic E-state index is 0.466. The molecule has 0 aliphatic heterocycles. The number of rotatable bonds is 3. The van der Waals surface area contributed by atoms with Crippen molar-refractivity contribution in [2.45, 2.75) is 50.6 Å². The topological polar surface area (TPSA) is 24.9 Å². The average molecular weight is 304 g/mol. The van der Waals surface area contributed by atoms with Gasteiger partial charge in [-0.1, -0.05) is 0 Å². The molecule has 1 N–H and O–H groups in total. The molecule has 4 aliphatic carbocycles. The first kappa shape index (κ1) is 12.1. The second-order valence-corrected chi connectivity index (χ2v) is 9.51. The smallest absolute Gasteiger partial charge is 0.108 e. The van der Waals surface area contributed by atoms with Crippen molar-refractivity contribution in [3.8, 4) is 0 Å². The van der Waals surface area contributed by atoms with Crippen molar-refractivity contribution in [3.05, 3.63) is 16.5 Å². The van der Waals surface area contributed by atoms with Gasteiger partial charge in [0.25, 0.3) is 0 Å². The maximum atomic E-state index is 4.76. The van der Waals surface area contributed by atoms with E-state index in [1.807, 2.05) is 22.7 Å².